The minimum atomic E-state index is -2.77. The van der Waals surface area contributed by atoms with Gasteiger partial charge in [0.2, 0.25) is 0 Å². The number of hydrogen-bond acceptors (Lipinski definition) is 5. The normalized spacial score (nSPS) is 27.3. The fourth-order valence-corrected chi connectivity index (χ4v) is 3.94. The highest BCUT2D eigenvalue weighted by molar-refractivity contribution is 6.30. The Morgan fingerprint density at radius 3 is 2.76 bits per heavy atom. The summed E-state index contributed by atoms with van der Waals surface area (Å²) in [7, 11) is 0. The molecule has 0 aliphatic carbocycles. The van der Waals surface area contributed by atoms with Gasteiger partial charge in [-0.25, -0.2) is 18.4 Å². The first-order valence-electron chi connectivity index (χ1n) is 8.41. The lowest BCUT2D eigenvalue weighted by molar-refractivity contribution is -0.336. The molecule has 134 valence electrons. The predicted octanol–water partition coefficient (Wildman–Crippen LogP) is 3.01. The maximum atomic E-state index is 13.8. The van der Waals surface area contributed by atoms with E-state index in [1.165, 1.54) is 0 Å². The van der Waals surface area contributed by atoms with Gasteiger partial charge in [-0.1, -0.05) is 11.6 Å². The quantitative estimate of drug-likeness (QED) is 0.761. The standard InChI is InChI=1S/C16H17ClF2N4O2/c17-12-5-11-10(6-20-12)14(21-23(11)13-3-1-2-4-24-13)22-7-15(8-22)16(18,19)9-25-15/h5-6,13H,1-4,7-9H2. The molecule has 0 amide bonds. The molecule has 0 aromatic carbocycles. The van der Waals surface area contributed by atoms with E-state index in [0.29, 0.717) is 17.6 Å². The number of halogens is 3. The van der Waals surface area contributed by atoms with Crippen molar-refractivity contribution in [3.05, 3.63) is 17.4 Å². The van der Waals surface area contributed by atoms with Crippen molar-refractivity contribution in [2.45, 2.75) is 37.0 Å². The summed E-state index contributed by atoms with van der Waals surface area (Å²) in [4.78, 5) is 5.94. The Balaban J connectivity index is 1.51. The summed E-state index contributed by atoms with van der Waals surface area (Å²) < 4.78 is 40.4. The van der Waals surface area contributed by atoms with E-state index >= 15 is 0 Å². The van der Waals surface area contributed by atoms with E-state index in [4.69, 9.17) is 21.1 Å². The van der Waals surface area contributed by atoms with Crippen molar-refractivity contribution in [3.8, 4) is 0 Å². The summed E-state index contributed by atoms with van der Waals surface area (Å²) in [6.07, 6.45) is 4.43. The minimum Gasteiger partial charge on any atom is -0.358 e. The summed E-state index contributed by atoms with van der Waals surface area (Å²) in [5.41, 5.74) is -0.547. The molecule has 2 aromatic heterocycles. The van der Waals surface area contributed by atoms with Gasteiger partial charge in [0, 0.05) is 18.9 Å². The first kappa shape index (κ1) is 15.7. The van der Waals surface area contributed by atoms with Crippen LogP contribution in [0, 0.1) is 0 Å². The van der Waals surface area contributed by atoms with Crippen LogP contribution in [0.15, 0.2) is 12.3 Å². The van der Waals surface area contributed by atoms with Crippen LogP contribution in [-0.2, 0) is 9.47 Å². The number of nitrogens with zero attached hydrogens (tertiary/aromatic N) is 4. The van der Waals surface area contributed by atoms with Gasteiger partial charge < -0.3 is 14.4 Å². The van der Waals surface area contributed by atoms with Crippen LogP contribution in [0.3, 0.4) is 0 Å². The van der Waals surface area contributed by atoms with E-state index in [2.05, 4.69) is 10.1 Å². The number of aromatic nitrogens is 3. The molecular formula is C16H17ClF2N4O2. The molecule has 1 atom stereocenters. The number of hydrogen-bond donors (Lipinski definition) is 0. The van der Waals surface area contributed by atoms with Crippen molar-refractivity contribution >= 4 is 28.3 Å². The molecule has 6 nitrogen and oxygen atoms in total. The van der Waals surface area contributed by atoms with E-state index < -0.39 is 18.1 Å². The van der Waals surface area contributed by atoms with Crippen molar-refractivity contribution in [2.24, 2.45) is 0 Å². The van der Waals surface area contributed by atoms with E-state index in [-0.39, 0.29) is 19.3 Å². The van der Waals surface area contributed by atoms with Crippen molar-refractivity contribution in [2.75, 3.05) is 31.2 Å². The molecule has 2 aromatic rings. The van der Waals surface area contributed by atoms with Crippen molar-refractivity contribution in [3.63, 3.8) is 0 Å². The number of pyridine rings is 1. The van der Waals surface area contributed by atoms with Crippen molar-refractivity contribution in [1.82, 2.24) is 14.8 Å². The van der Waals surface area contributed by atoms with Crippen molar-refractivity contribution in [1.29, 1.82) is 0 Å². The van der Waals surface area contributed by atoms with E-state index in [1.54, 1.807) is 12.3 Å². The predicted molar refractivity (Wildman–Crippen MR) is 87.2 cm³/mol. The first-order valence-corrected chi connectivity index (χ1v) is 8.79. The summed E-state index contributed by atoms with van der Waals surface area (Å²) in [5, 5.41) is 5.82. The van der Waals surface area contributed by atoms with Crippen LogP contribution < -0.4 is 4.90 Å². The van der Waals surface area contributed by atoms with Gasteiger partial charge in [0.25, 0.3) is 0 Å². The monoisotopic (exact) mass is 370 g/mol. The smallest absolute Gasteiger partial charge is 0.302 e. The number of rotatable bonds is 2. The second-order valence-corrected chi connectivity index (χ2v) is 7.34. The molecule has 0 bridgehead atoms. The Morgan fingerprint density at radius 2 is 2.12 bits per heavy atom. The summed E-state index contributed by atoms with van der Waals surface area (Å²) in [6, 6.07) is 1.75. The highest BCUT2D eigenvalue weighted by atomic mass is 35.5. The molecular weight excluding hydrogens is 354 g/mol. The Labute approximate surface area is 147 Å². The Hall–Kier alpha value is -1.51. The number of anilines is 1. The van der Waals surface area contributed by atoms with Crippen LogP contribution in [0.1, 0.15) is 25.5 Å². The van der Waals surface area contributed by atoms with Gasteiger partial charge in [0.15, 0.2) is 17.6 Å². The summed E-state index contributed by atoms with van der Waals surface area (Å²) in [6.45, 7) is 0.441. The average Bonchev–Trinajstić information content (AvgIpc) is 2.92. The van der Waals surface area contributed by atoms with Gasteiger partial charge in [0.05, 0.1) is 24.0 Å². The second-order valence-electron chi connectivity index (χ2n) is 6.96. The van der Waals surface area contributed by atoms with Gasteiger partial charge in [-0.2, -0.15) is 5.10 Å². The molecule has 9 heteroatoms. The minimum absolute atomic E-state index is 0.125. The third kappa shape index (κ3) is 2.20. The van der Waals surface area contributed by atoms with Crippen LogP contribution in [0.4, 0.5) is 14.6 Å². The van der Waals surface area contributed by atoms with E-state index in [1.807, 2.05) is 9.58 Å². The first-order chi connectivity index (χ1) is 12.0. The highest BCUT2D eigenvalue weighted by Crippen LogP contribution is 2.49. The molecule has 5 heterocycles. The molecule has 1 spiro atoms. The Bertz CT molecular complexity index is 831. The van der Waals surface area contributed by atoms with Crippen LogP contribution in [-0.4, -0.2) is 52.6 Å². The zero-order valence-corrected chi connectivity index (χ0v) is 14.2. The Kier molecular flexibility index (Phi) is 3.30. The molecule has 3 saturated heterocycles. The second kappa shape index (κ2) is 5.25. The summed E-state index contributed by atoms with van der Waals surface area (Å²) >= 11 is 6.05. The molecule has 0 saturated carbocycles. The van der Waals surface area contributed by atoms with Gasteiger partial charge >= 0.3 is 5.92 Å². The topological polar surface area (TPSA) is 52.4 Å². The average molecular weight is 371 g/mol. The van der Waals surface area contributed by atoms with Gasteiger partial charge in [-0.3, -0.25) is 0 Å². The van der Waals surface area contributed by atoms with E-state index in [9.17, 15) is 8.78 Å². The van der Waals surface area contributed by atoms with Crippen LogP contribution in [0.25, 0.3) is 10.9 Å². The lowest BCUT2D eigenvalue weighted by atomic mass is 9.82. The maximum absolute atomic E-state index is 13.8. The van der Waals surface area contributed by atoms with E-state index in [0.717, 1.165) is 30.2 Å². The SMILES string of the molecule is FC1(F)COC12CN(c1nn(C3CCCCO3)c3cc(Cl)ncc13)C2. The van der Waals surface area contributed by atoms with Crippen LogP contribution in [0.2, 0.25) is 5.15 Å². The fourth-order valence-electron chi connectivity index (χ4n) is 3.79. The lowest BCUT2D eigenvalue weighted by Gasteiger charge is -2.59. The summed E-state index contributed by atoms with van der Waals surface area (Å²) in [5.74, 6) is -2.14. The third-order valence-electron chi connectivity index (χ3n) is 5.36. The number of ether oxygens (including phenoxy) is 2. The highest BCUT2D eigenvalue weighted by Gasteiger charge is 2.69. The fraction of sp³-hybridized carbons (Fsp3) is 0.625. The van der Waals surface area contributed by atoms with Gasteiger partial charge in [-0.05, 0) is 19.3 Å². The van der Waals surface area contributed by atoms with Crippen LogP contribution >= 0.6 is 11.6 Å². The molecule has 3 aliphatic rings. The van der Waals surface area contributed by atoms with Crippen LogP contribution in [0.5, 0.6) is 0 Å². The molecule has 25 heavy (non-hydrogen) atoms. The largest absolute Gasteiger partial charge is 0.358 e. The van der Waals surface area contributed by atoms with Gasteiger partial charge in [-0.15, -0.1) is 0 Å². The zero-order valence-electron chi connectivity index (χ0n) is 13.4. The third-order valence-corrected chi connectivity index (χ3v) is 5.56. The number of alkyl halides is 2. The number of fused-ring (bicyclic) bond motifs is 1. The molecule has 5 rings (SSSR count). The molecule has 3 aliphatic heterocycles. The lowest BCUT2D eigenvalue weighted by Crippen LogP contribution is -2.79. The Morgan fingerprint density at radius 1 is 1.28 bits per heavy atom. The molecule has 3 fully saturated rings. The van der Waals surface area contributed by atoms with Gasteiger partial charge in [0.1, 0.15) is 11.8 Å². The maximum Gasteiger partial charge on any atom is 0.302 e. The molecule has 0 radical (unpaired) electrons. The molecule has 1 unspecified atom stereocenters. The molecule has 0 N–H and O–H groups in total. The zero-order chi connectivity index (χ0) is 17.2. The van der Waals surface area contributed by atoms with Crippen molar-refractivity contribution < 1.29 is 18.3 Å².